The van der Waals surface area contributed by atoms with Crippen molar-refractivity contribution in [1.29, 1.82) is 0 Å². The molecule has 1 N–H and O–H groups in total. The number of nitrogens with zero attached hydrogens (tertiary/aromatic N) is 1. The normalized spacial score (nSPS) is 10.4. The quantitative estimate of drug-likeness (QED) is 0.744. The van der Waals surface area contributed by atoms with Gasteiger partial charge in [0, 0.05) is 41.8 Å². The van der Waals surface area contributed by atoms with Crippen LogP contribution in [-0.4, -0.2) is 30.8 Å². The molecule has 2 rings (SSSR count). The van der Waals surface area contributed by atoms with Crippen molar-refractivity contribution in [3.8, 4) is 0 Å². The van der Waals surface area contributed by atoms with Gasteiger partial charge in [-0.1, -0.05) is 18.2 Å². The Morgan fingerprint density at radius 3 is 2.26 bits per heavy atom. The number of aryl methyl sites for hydroxylation is 1. The van der Waals surface area contributed by atoms with Crippen molar-refractivity contribution in [3.05, 3.63) is 59.7 Å². The highest BCUT2D eigenvalue weighted by Crippen LogP contribution is 2.23. The molecule has 0 aliphatic heterocycles. The first kappa shape index (κ1) is 17.6. The zero-order valence-electron chi connectivity index (χ0n) is 13.1. The van der Waals surface area contributed by atoms with Crippen molar-refractivity contribution in [2.45, 2.75) is 6.92 Å². The number of hydrogen-bond donors (Lipinski definition) is 1. The molecule has 23 heavy (non-hydrogen) atoms. The second-order valence-corrected chi connectivity index (χ2v) is 5.94. The Kier molecular flexibility index (Phi) is 6.75. The molecule has 0 aliphatic rings. The maximum atomic E-state index is 12.2. The number of benzene rings is 2. The maximum absolute atomic E-state index is 12.2. The third kappa shape index (κ3) is 4.88. The molecule has 0 spiro atoms. The molecule has 5 heteroatoms. The van der Waals surface area contributed by atoms with Crippen LogP contribution in [0.25, 0.3) is 0 Å². The van der Waals surface area contributed by atoms with E-state index < -0.39 is 0 Å². The van der Waals surface area contributed by atoms with Gasteiger partial charge in [-0.3, -0.25) is 4.79 Å². The van der Waals surface area contributed by atoms with Gasteiger partial charge in [0.15, 0.2) is 0 Å². The summed E-state index contributed by atoms with van der Waals surface area (Å²) in [5.41, 5.74) is 3.50. The lowest BCUT2D eigenvalue weighted by atomic mass is 10.1. The number of alkyl halides is 2. The smallest absolute Gasteiger partial charge is 0.255 e. The van der Waals surface area contributed by atoms with Crippen molar-refractivity contribution >= 4 is 40.5 Å². The highest BCUT2D eigenvalue weighted by Gasteiger charge is 2.10. The van der Waals surface area contributed by atoms with Crippen molar-refractivity contribution in [3.63, 3.8) is 0 Å². The van der Waals surface area contributed by atoms with Crippen LogP contribution in [0.4, 0.5) is 11.4 Å². The van der Waals surface area contributed by atoms with E-state index in [2.05, 4.69) is 10.2 Å². The fourth-order valence-electron chi connectivity index (χ4n) is 2.34. The number of halogens is 2. The highest BCUT2D eigenvalue weighted by atomic mass is 35.5. The van der Waals surface area contributed by atoms with Crippen LogP contribution in [0.1, 0.15) is 15.9 Å². The topological polar surface area (TPSA) is 32.3 Å². The molecule has 0 bridgehead atoms. The molecule has 2 aromatic carbocycles. The van der Waals surface area contributed by atoms with Gasteiger partial charge < -0.3 is 10.2 Å². The molecule has 0 radical (unpaired) electrons. The summed E-state index contributed by atoms with van der Waals surface area (Å²) >= 11 is 11.7. The highest BCUT2D eigenvalue weighted by molar-refractivity contribution is 6.18. The summed E-state index contributed by atoms with van der Waals surface area (Å²) in [5, 5.41) is 2.95. The molecular weight excluding hydrogens is 331 g/mol. The van der Waals surface area contributed by atoms with E-state index in [9.17, 15) is 4.79 Å². The number of hydrogen-bond acceptors (Lipinski definition) is 2. The summed E-state index contributed by atoms with van der Waals surface area (Å²) in [4.78, 5) is 14.4. The number of anilines is 2. The minimum absolute atomic E-state index is 0.111. The second-order valence-electron chi connectivity index (χ2n) is 5.18. The lowest BCUT2D eigenvalue weighted by Gasteiger charge is -2.24. The predicted molar refractivity (Wildman–Crippen MR) is 99.2 cm³/mol. The van der Waals surface area contributed by atoms with Crippen LogP contribution in [0, 0.1) is 6.92 Å². The molecule has 0 saturated carbocycles. The molecule has 2 aromatic rings. The Hall–Kier alpha value is -1.71. The maximum Gasteiger partial charge on any atom is 0.255 e. The molecule has 3 nitrogen and oxygen atoms in total. The van der Waals surface area contributed by atoms with E-state index in [1.165, 1.54) is 0 Å². The average Bonchev–Trinajstić information content (AvgIpc) is 2.57. The summed E-state index contributed by atoms with van der Waals surface area (Å²) < 4.78 is 0. The Morgan fingerprint density at radius 2 is 1.70 bits per heavy atom. The number of nitrogens with one attached hydrogen (secondary N) is 1. The molecule has 0 aliphatic carbocycles. The number of carbonyl (C=O) groups excluding carboxylic acids is 1. The van der Waals surface area contributed by atoms with Gasteiger partial charge in [0.25, 0.3) is 5.91 Å². The standard InChI is InChI=1S/C18H20Cl2N2O/c1-14-13-16(22(11-9-19)12-10-20)7-8-17(14)21-18(23)15-5-3-2-4-6-15/h2-8,13H,9-12H2,1H3,(H,21,23). The second kappa shape index (κ2) is 8.80. The van der Waals surface area contributed by atoms with Crippen LogP contribution in [0.2, 0.25) is 0 Å². The minimum Gasteiger partial charge on any atom is -0.369 e. The number of rotatable bonds is 7. The van der Waals surface area contributed by atoms with Crippen LogP contribution in [0.3, 0.4) is 0 Å². The number of carbonyl (C=O) groups is 1. The fraction of sp³-hybridized carbons (Fsp3) is 0.278. The van der Waals surface area contributed by atoms with Crippen molar-refractivity contribution in [2.24, 2.45) is 0 Å². The largest absolute Gasteiger partial charge is 0.369 e. The van der Waals surface area contributed by atoms with E-state index in [4.69, 9.17) is 23.2 Å². The monoisotopic (exact) mass is 350 g/mol. The molecule has 0 saturated heterocycles. The molecule has 0 aromatic heterocycles. The molecule has 0 unspecified atom stereocenters. The van der Waals surface area contributed by atoms with E-state index in [1.54, 1.807) is 12.1 Å². The lowest BCUT2D eigenvalue weighted by molar-refractivity contribution is 0.102. The van der Waals surface area contributed by atoms with Crippen molar-refractivity contribution in [2.75, 3.05) is 35.1 Å². The Bertz CT molecular complexity index is 641. The first-order valence-electron chi connectivity index (χ1n) is 7.49. The summed E-state index contributed by atoms with van der Waals surface area (Å²) in [7, 11) is 0. The minimum atomic E-state index is -0.111. The van der Waals surface area contributed by atoms with Gasteiger partial charge in [-0.05, 0) is 42.8 Å². The lowest BCUT2D eigenvalue weighted by Crippen LogP contribution is -2.27. The van der Waals surface area contributed by atoms with Crippen LogP contribution in [0.5, 0.6) is 0 Å². The molecule has 0 fully saturated rings. The van der Waals surface area contributed by atoms with Crippen LogP contribution in [0.15, 0.2) is 48.5 Å². The summed E-state index contributed by atoms with van der Waals surface area (Å²) in [6, 6.07) is 15.1. The third-order valence-corrected chi connectivity index (χ3v) is 3.91. The first-order chi connectivity index (χ1) is 11.2. The summed E-state index contributed by atoms with van der Waals surface area (Å²) in [6.07, 6.45) is 0. The van der Waals surface area contributed by atoms with Gasteiger partial charge in [-0.25, -0.2) is 0 Å². The molecular formula is C18H20Cl2N2O. The molecule has 0 heterocycles. The average molecular weight is 351 g/mol. The van der Waals surface area contributed by atoms with Crippen molar-refractivity contribution < 1.29 is 4.79 Å². The van der Waals surface area contributed by atoms with E-state index in [-0.39, 0.29) is 5.91 Å². The summed E-state index contributed by atoms with van der Waals surface area (Å²) in [5.74, 6) is 0.977. The van der Waals surface area contributed by atoms with Gasteiger partial charge >= 0.3 is 0 Å². The van der Waals surface area contributed by atoms with Gasteiger partial charge in [0.05, 0.1) is 0 Å². The predicted octanol–water partition coefficient (Wildman–Crippen LogP) is 4.53. The van der Waals surface area contributed by atoms with Crippen LogP contribution < -0.4 is 10.2 Å². The Morgan fingerprint density at radius 1 is 1.04 bits per heavy atom. The third-order valence-electron chi connectivity index (χ3n) is 3.57. The van der Waals surface area contributed by atoms with Gasteiger partial charge in [-0.2, -0.15) is 0 Å². The molecule has 1 amide bonds. The zero-order valence-corrected chi connectivity index (χ0v) is 14.6. The van der Waals surface area contributed by atoms with E-state index in [0.29, 0.717) is 17.3 Å². The van der Waals surface area contributed by atoms with E-state index in [0.717, 1.165) is 30.0 Å². The van der Waals surface area contributed by atoms with Gasteiger partial charge in [-0.15, -0.1) is 23.2 Å². The summed E-state index contributed by atoms with van der Waals surface area (Å²) in [6.45, 7) is 3.45. The van der Waals surface area contributed by atoms with Gasteiger partial charge in [0.2, 0.25) is 0 Å². The van der Waals surface area contributed by atoms with E-state index in [1.807, 2.05) is 43.3 Å². The van der Waals surface area contributed by atoms with Crippen molar-refractivity contribution in [1.82, 2.24) is 0 Å². The first-order valence-corrected chi connectivity index (χ1v) is 8.56. The van der Waals surface area contributed by atoms with Crippen LogP contribution >= 0.6 is 23.2 Å². The zero-order chi connectivity index (χ0) is 16.7. The number of amides is 1. The molecule has 122 valence electrons. The Labute approximate surface area is 147 Å². The Balaban J connectivity index is 2.14. The fourth-order valence-corrected chi connectivity index (χ4v) is 2.75. The SMILES string of the molecule is Cc1cc(N(CCCl)CCCl)ccc1NC(=O)c1ccccc1. The van der Waals surface area contributed by atoms with Gasteiger partial charge in [0.1, 0.15) is 0 Å². The van der Waals surface area contributed by atoms with E-state index >= 15 is 0 Å². The van der Waals surface area contributed by atoms with Crippen LogP contribution in [-0.2, 0) is 0 Å². The molecule has 0 atom stereocenters.